The van der Waals surface area contributed by atoms with Crippen molar-refractivity contribution in [3.63, 3.8) is 0 Å². The fourth-order valence-electron chi connectivity index (χ4n) is 2.89. The van der Waals surface area contributed by atoms with E-state index in [0.29, 0.717) is 0 Å². The van der Waals surface area contributed by atoms with Crippen LogP contribution < -0.4 is 0 Å². The van der Waals surface area contributed by atoms with Gasteiger partial charge in [-0.25, -0.2) is 0 Å². The molecule has 0 aromatic carbocycles. The standard InChI is InChI=1S/C13H26N2Si/c16-12-7-13(14-8-3-1-4-9-14)15-10-5-2-6-11-15/h7H,1-6,8-12H2,16H3. The molecule has 92 valence electrons. The van der Waals surface area contributed by atoms with Crippen LogP contribution in [0.1, 0.15) is 38.5 Å². The summed E-state index contributed by atoms with van der Waals surface area (Å²) in [6.07, 6.45) is 11.0. The molecule has 2 nitrogen and oxygen atoms in total. The van der Waals surface area contributed by atoms with E-state index in [2.05, 4.69) is 15.9 Å². The normalized spacial score (nSPS) is 22.2. The molecule has 0 aliphatic carbocycles. The van der Waals surface area contributed by atoms with Crippen LogP contribution in [0.2, 0.25) is 6.04 Å². The lowest BCUT2D eigenvalue weighted by atomic mass is 10.1. The first-order valence-corrected chi connectivity index (χ1v) is 8.53. The first-order valence-electron chi connectivity index (χ1n) is 7.12. The van der Waals surface area contributed by atoms with Gasteiger partial charge in [-0.15, -0.1) is 0 Å². The Balaban J connectivity index is 2.00. The monoisotopic (exact) mass is 238 g/mol. The van der Waals surface area contributed by atoms with Crippen molar-refractivity contribution < 1.29 is 0 Å². The zero-order valence-corrected chi connectivity index (χ0v) is 12.7. The first-order chi connectivity index (χ1) is 7.92. The predicted molar refractivity (Wildman–Crippen MR) is 73.7 cm³/mol. The van der Waals surface area contributed by atoms with Gasteiger partial charge < -0.3 is 9.80 Å². The third kappa shape index (κ3) is 3.03. The van der Waals surface area contributed by atoms with Crippen molar-refractivity contribution in [1.82, 2.24) is 9.80 Å². The Kier molecular flexibility index (Phi) is 4.76. The molecule has 2 saturated heterocycles. The molecule has 16 heavy (non-hydrogen) atoms. The molecular formula is C13H26N2Si. The summed E-state index contributed by atoms with van der Waals surface area (Å²) in [5.74, 6) is 1.58. The van der Waals surface area contributed by atoms with Gasteiger partial charge in [-0.2, -0.15) is 0 Å². The van der Waals surface area contributed by atoms with Crippen molar-refractivity contribution in [2.75, 3.05) is 26.2 Å². The summed E-state index contributed by atoms with van der Waals surface area (Å²) in [6.45, 7) is 5.18. The highest BCUT2D eigenvalue weighted by atomic mass is 28.1. The number of allylic oxidation sites excluding steroid dienone is 1. The van der Waals surface area contributed by atoms with Crippen molar-refractivity contribution in [3.05, 3.63) is 11.9 Å². The molecule has 0 aromatic heterocycles. The smallest absolute Gasteiger partial charge is 0.0994 e. The first kappa shape index (κ1) is 12.0. The van der Waals surface area contributed by atoms with Crippen molar-refractivity contribution in [1.29, 1.82) is 0 Å². The number of rotatable bonds is 3. The maximum atomic E-state index is 2.65. The van der Waals surface area contributed by atoms with Crippen LogP contribution in [0.15, 0.2) is 11.9 Å². The van der Waals surface area contributed by atoms with Crippen LogP contribution >= 0.6 is 0 Å². The Morgan fingerprint density at radius 2 is 1.25 bits per heavy atom. The molecule has 0 aromatic rings. The fourth-order valence-corrected chi connectivity index (χ4v) is 3.25. The maximum absolute atomic E-state index is 2.65. The topological polar surface area (TPSA) is 6.48 Å². The maximum Gasteiger partial charge on any atom is 0.0994 e. The van der Waals surface area contributed by atoms with Gasteiger partial charge in [-0.1, -0.05) is 0 Å². The van der Waals surface area contributed by atoms with Crippen LogP contribution in [0.4, 0.5) is 0 Å². The third-order valence-corrected chi connectivity index (χ3v) is 4.16. The molecule has 0 bridgehead atoms. The number of nitrogens with zero attached hydrogens (tertiary/aromatic N) is 2. The molecule has 2 aliphatic rings. The number of hydrogen-bond acceptors (Lipinski definition) is 2. The minimum Gasteiger partial charge on any atom is -0.359 e. The summed E-state index contributed by atoms with van der Waals surface area (Å²) in [6, 6.07) is 1.31. The zero-order chi connectivity index (χ0) is 11.2. The van der Waals surface area contributed by atoms with Crippen molar-refractivity contribution in [2.45, 2.75) is 44.6 Å². The van der Waals surface area contributed by atoms with Crippen molar-refractivity contribution in [2.24, 2.45) is 0 Å². The van der Waals surface area contributed by atoms with E-state index in [9.17, 15) is 0 Å². The van der Waals surface area contributed by atoms with Gasteiger partial charge in [0, 0.05) is 36.4 Å². The molecule has 2 fully saturated rings. The lowest BCUT2D eigenvalue weighted by molar-refractivity contribution is 0.166. The Bertz CT molecular complexity index is 208. The molecule has 3 heteroatoms. The van der Waals surface area contributed by atoms with Crippen LogP contribution in [-0.4, -0.2) is 46.2 Å². The molecule has 0 unspecified atom stereocenters. The van der Waals surface area contributed by atoms with Crippen LogP contribution in [-0.2, 0) is 0 Å². The fraction of sp³-hybridized carbons (Fsp3) is 0.846. The summed E-state index contributed by atoms with van der Waals surface area (Å²) < 4.78 is 0. The van der Waals surface area contributed by atoms with Crippen molar-refractivity contribution >= 4 is 10.2 Å². The van der Waals surface area contributed by atoms with Gasteiger partial charge in [0.05, 0.1) is 5.82 Å². The van der Waals surface area contributed by atoms with E-state index in [1.54, 1.807) is 5.82 Å². The molecule has 0 spiro atoms. The highest BCUT2D eigenvalue weighted by Crippen LogP contribution is 2.21. The molecule has 0 atom stereocenters. The average molecular weight is 238 g/mol. The van der Waals surface area contributed by atoms with Gasteiger partial charge in [0.1, 0.15) is 0 Å². The lowest BCUT2D eigenvalue weighted by Crippen LogP contribution is -2.40. The summed E-state index contributed by atoms with van der Waals surface area (Å²) >= 11 is 0. The molecule has 0 amide bonds. The molecular weight excluding hydrogens is 212 g/mol. The Labute approximate surface area is 103 Å². The molecule has 0 N–H and O–H groups in total. The second kappa shape index (κ2) is 6.33. The van der Waals surface area contributed by atoms with Gasteiger partial charge in [0.25, 0.3) is 0 Å². The quantitative estimate of drug-likeness (QED) is 0.689. The minimum atomic E-state index is 1.30. The second-order valence-corrected chi connectivity index (χ2v) is 5.88. The Morgan fingerprint density at radius 1 is 0.812 bits per heavy atom. The van der Waals surface area contributed by atoms with Crippen LogP contribution in [0.25, 0.3) is 0 Å². The Morgan fingerprint density at radius 3 is 1.62 bits per heavy atom. The Hall–Kier alpha value is -0.443. The predicted octanol–water partition coefficient (Wildman–Crippen LogP) is 1.58. The van der Waals surface area contributed by atoms with Crippen molar-refractivity contribution in [3.8, 4) is 0 Å². The SMILES string of the molecule is [SiH3]CC=C(N1CCCCC1)N1CCCCC1. The summed E-state index contributed by atoms with van der Waals surface area (Å²) in [4.78, 5) is 5.29. The largest absolute Gasteiger partial charge is 0.359 e. The van der Waals surface area contributed by atoms with Crippen LogP contribution in [0.5, 0.6) is 0 Å². The van der Waals surface area contributed by atoms with E-state index >= 15 is 0 Å². The average Bonchev–Trinajstić information content (AvgIpc) is 2.38. The number of piperidine rings is 2. The van der Waals surface area contributed by atoms with Crippen LogP contribution in [0, 0.1) is 0 Å². The lowest BCUT2D eigenvalue weighted by Gasteiger charge is -2.40. The van der Waals surface area contributed by atoms with Gasteiger partial charge in [-0.05, 0) is 50.6 Å². The molecule has 2 heterocycles. The van der Waals surface area contributed by atoms with E-state index in [0.717, 1.165) is 0 Å². The highest BCUT2D eigenvalue weighted by molar-refractivity contribution is 6.09. The van der Waals surface area contributed by atoms with Crippen LogP contribution in [0.3, 0.4) is 0 Å². The van der Waals surface area contributed by atoms with Gasteiger partial charge >= 0.3 is 0 Å². The summed E-state index contributed by atoms with van der Waals surface area (Å²) in [5, 5.41) is 0. The van der Waals surface area contributed by atoms with E-state index in [1.807, 2.05) is 0 Å². The molecule has 0 radical (unpaired) electrons. The third-order valence-electron chi connectivity index (χ3n) is 3.75. The minimum absolute atomic E-state index is 1.30. The zero-order valence-electron chi connectivity index (χ0n) is 10.7. The molecule has 2 aliphatic heterocycles. The molecule has 0 saturated carbocycles. The molecule has 2 rings (SSSR count). The number of hydrogen-bond donors (Lipinski definition) is 0. The van der Waals surface area contributed by atoms with E-state index in [-0.39, 0.29) is 0 Å². The van der Waals surface area contributed by atoms with E-state index in [1.165, 1.54) is 81.0 Å². The number of likely N-dealkylation sites (tertiary alicyclic amines) is 2. The second-order valence-electron chi connectivity index (χ2n) is 5.07. The van der Waals surface area contributed by atoms with Gasteiger partial charge in [-0.3, -0.25) is 0 Å². The van der Waals surface area contributed by atoms with Gasteiger partial charge in [0.15, 0.2) is 0 Å². The van der Waals surface area contributed by atoms with E-state index in [4.69, 9.17) is 0 Å². The summed E-state index contributed by atoms with van der Waals surface area (Å²) in [5.41, 5.74) is 0. The summed E-state index contributed by atoms with van der Waals surface area (Å²) in [7, 11) is 1.30. The van der Waals surface area contributed by atoms with E-state index < -0.39 is 0 Å². The van der Waals surface area contributed by atoms with Gasteiger partial charge in [0.2, 0.25) is 0 Å². The highest BCUT2D eigenvalue weighted by Gasteiger charge is 2.19.